The summed E-state index contributed by atoms with van der Waals surface area (Å²) in [7, 11) is 0. The Morgan fingerprint density at radius 3 is 2.13 bits per heavy atom. The number of fused-ring (bicyclic) bond motifs is 1. The van der Waals surface area contributed by atoms with E-state index in [4.69, 9.17) is 21.6 Å². The molecule has 2 atom stereocenters. The van der Waals surface area contributed by atoms with E-state index >= 15 is 0 Å². The zero-order valence-corrected chi connectivity index (χ0v) is 25.7. The highest BCUT2D eigenvalue weighted by Gasteiger charge is 2.25. The maximum absolute atomic E-state index is 12.8. The lowest BCUT2D eigenvalue weighted by atomic mass is 10.1. The summed E-state index contributed by atoms with van der Waals surface area (Å²) < 4.78 is 5.10. The lowest BCUT2D eigenvalue weighted by Crippen LogP contribution is -2.49. The summed E-state index contributed by atoms with van der Waals surface area (Å²) in [6.07, 6.45) is 5.12. The number of amides is 4. The Morgan fingerprint density at radius 2 is 1.44 bits per heavy atom. The Kier molecular flexibility index (Phi) is 17.2. The van der Waals surface area contributed by atoms with Crippen molar-refractivity contribution in [1.82, 2.24) is 26.6 Å². The minimum absolute atomic E-state index is 0.0969. The van der Waals surface area contributed by atoms with Gasteiger partial charge in [0, 0.05) is 24.5 Å². The number of primary amides is 1. The number of hydrogen-bond donors (Lipinski definition) is 9. The smallest absolute Gasteiger partial charge is 0.349 e. The van der Waals surface area contributed by atoms with Crippen LogP contribution in [0.3, 0.4) is 0 Å². The Labute approximate surface area is 262 Å². The SMILES string of the molecule is NCCCC[C@H](N)C(=O)NCCCNCCCNCCCCNC(=O)[C@H](CC(N)=O)NC(=O)c1cc2ccc(O)cc2oc1=O. The molecule has 4 amide bonds. The van der Waals surface area contributed by atoms with Gasteiger partial charge in [-0.2, -0.15) is 0 Å². The molecule has 0 saturated heterocycles. The molecule has 0 spiro atoms. The van der Waals surface area contributed by atoms with E-state index in [1.165, 1.54) is 24.3 Å². The first-order valence-corrected chi connectivity index (χ1v) is 15.4. The van der Waals surface area contributed by atoms with Crippen molar-refractivity contribution in [3.63, 3.8) is 0 Å². The Balaban J connectivity index is 1.57. The van der Waals surface area contributed by atoms with Gasteiger partial charge in [-0.15, -0.1) is 0 Å². The van der Waals surface area contributed by atoms with Crippen LogP contribution in [0.5, 0.6) is 5.75 Å². The van der Waals surface area contributed by atoms with Gasteiger partial charge in [-0.05, 0) is 89.4 Å². The molecular formula is C30H48N8O7. The first kappa shape index (κ1) is 37.1. The van der Waals surface area contributed by atoms with Crippen molar-refractivity contribution in [2.45, 2.75) is 63.5 Å². The maximum Gasteiger partial charge on any atom is 0.349 e. The predicted molar refractivity (Wildman–Crippen MR) is 170 cm³/mol. The molecule has 0 aliphatic heterocycles. The number of rotatable bonds is 23. The second-order valence-corrected chi connectivity index (χ2v) is 10.8. The van der Waals surface area contributed by atoms with Crippen molar-refractivity contribution in [2.75, 3.05) is 45.8 Å². The number of aromatic hydroxyl groups is 1. The summed E-state index contributed by atoms with van der Waals surface area (Å²) in [5, 5.41) is 24.6. The van der Waals surface area contributed by atoms with Crippen LogP contribution >= 0.6 is 0 Å². The van der Waals surface area contributed by atoms with Crippen molar-refractivity contribution in [1.29, 1.82) is 0 Å². The van der Waals surface area contributed by atoms with Gasteiger partial charge in [-0.1, -0.05) is 6.42 Å². The fraction of sp³-hybridized carbons (Fsp3) is 0.567. The molecule has 0 aliphatic rings. The van der Waals surface area contributed by atoms with Gasteiger partial charge in [-0.3, -0.25) is 19.2 Å². The number of nitrogens with two attached hydrogens (primary N) is 3. The normalized spacial score (nSPS) is 12.4. The van der Waals surface area contributed by atoms with E-state index in [0.717, 1.165) is 58.3 Å². The average molecular weight is 633 g/mol. The van der Waals surface area contributed by atoms with E-state index in [1.54, 1.807) is 0 Å². The largest absolute Gasteiger partial charge is 0.508 e. The van der Waals surface area contributed by atoms with Gasteiger partial charge in [0.05, 0.1) is 12.5 Å². The van der Waals surface area contributed by atoms with Crippen LogP contribution in [0.15, 0.2) is 33.5 Å². The fourth-order valence-corrected chi connectivity index (χ4v) is 4.40. The number of hydrogen-bond acceptors (Lipinski definition) is 11. The highest BCUT2D eigenvalue weighted by atomic mass is 16.4. The molecule has 0 saturated carbocycles. The van der Waals surface area contributed by atoms with Crippen LogP contribution in [0.2, 0.25) is 0 Å². The lowest BCUT2D eigenvalue weighted by Gasteiger charge is -2.17. The molecule has 1 aromatic heterocycles. The molecule has 15 nitrogen and oxygen atoms in total. The molecule has 0 fully saturated rings. The average Bonchev–Trinajstić information content (AvgIpc) is 2.99. The first-order valence-electron chi connectivity index (χ1n) is 15.4. The van der Waals surface area contributed by atoms with Gasteiger partial charge < -0.3 is 53.3 Å². The van der Waals surface area contributed by atoms with Crippen LogP contribution in [0.25, 0.3) is 11.0 Å². The van der Waals surface area contributed by atoms with Crippen LogP contribution in [-0.2, 0) is 14.4 Å². The van der Waals surface area contributed by atoms with Gasteiger partial charge >= 0.3 is 5.63 Å². The predicted octanol–water partition coefficient (Wildman–Crippen LogP) is -1.10. The molecular weight excluding hydrogens is 584 g/mol. The zero-order valence-electron chi connectivity index (χ0n) is 25.7. The summed E-state index contributed by atoms with van der Waals surface area (Å²) in [4.78, 5) is 61.2. The molecule has 45 heavy (non-hydrogen) atoms. The summed E-state index contributed by atoms with van der Waals surface area (Å²) in [5.74, 6) is -2.50. The molecule has 0 unspecified atom stereocenters. The van der Waals surface area contributed by atoms with E-state index in [-0.39, 0.29) is 22.8 Å². The minimum Gasteiger partial charge on any atom is -0.508 e. The topological polar surface area (TPSA) is 257 Å². The van der Waals surface area contributed by atoms with Crippen LogP contribution in [-0.4, -0.2) is 86.6 Å². The molecule has 15 heteroatoms. The summed E-state index contributed by atoms with van der Waals surface area (Å²) in [6, 6.07) is 3.62. The maximum atomic E-state index is 12.8. The molecule has 0 aliphatic carbocycles. The standard InChI is InChI=1S/C30H48N8O7/c31-10-2-1-7-23(32)28(42)36-16-6-14-35-13-5-12-34-11-3-4-15-37-29(43)24(19-26(33)40)38-27(41)22-17-20-8-9-21(39)18-25(20)45-30(22)44/h8-9,17-18,23-24,34-35,39H,1-7,10-16,19,31-32H2,(H2,33,40)(H,36,42)(H,37,43)(H,38,41)/t23-,24-/m0/s1. The monoisotopic (exact) mass is 632 g/mol. The third-order valence-corrected chi connectivity index (χ3v) is 6.91. The molecule has 2 rings (SSSR count). The van der Waals surface area contributed by atoms with Crippen molar-refractivity contribution >= 4 is 34.6 Å². The van der Waals surface area contributed by atoms with Crippen LogP contribution in [0.4, 0.5) is 0 Å². The van der Waals surface area contributed by atoms with Crippen molar-refractivity contribution in [3.05, 3.63) is 40.2 Å². The van der Waals surface area contributed by atoms with E-state index in [1.807, 2.05) is 0 Å². The highest BCUT2D eigenvalue weighted by molar-refractivity contribution is 6.00. The molecule has 1 aromatic carbocycles. The number of carbonyl (C=O) groups is 4. The molecule has 2 aromatic rings. The van der Waals surface area contributed by atoms with E-state index in [0.29, 0.717) is 37.9 Å². The van der Waals surface area contributed by atoms with E-state index in [9.17, 15) is 29.1 Å². The number of nitrogens with one attached hydrogen (secondary N) is 5. The number of phenolic OH excluding ortho intramolecular Hbond substituents is 1. The number of benzene rings is 1. The molecule has 0 bridgehead atoms. The van der Waals surface area contributed by atoms with E-state index < -0.39 is 41.9 Å². The van der Waals surface area contributed by atoms with Crippen LogP contribution in [0, 0.1) is 0 Å². The Bertz CT molecular complexity index is 1300. The Morgan fingerprint density at radius 1 is 0.822 bits per heavy atom. The first-order chi connectivity index (χ1) is 21.6. The molecule has 1 heterocycles. The second-order valence-electron chi connectivity index (χ2n) is 10.8. The summed E-state index contributed by atoms with van der Waals surface area (Å²) in [6.45, 7) is 4.72. The number of carbonyl (C=O) groups excluding carboxylic acids is 4. The highest BCUT2D eigenvalue weighted by Crippen LogP contribution is 2.19. The van der Waals surface area contributed by atoms with Gasteiger partial charge in [-0.25, -0.2) is 4.79 Å². The summed E-state index contributed by atoms with van der Waals surface area (Å²) in [5.41, 5.74) is 15.4. The molecule has 250 valence electrons. The van der Waals surface area contributed by atoms with Crippen molar-refractivity contribution in [3.8, 4) is 5.75 Å². The lowest BCUT2D eigenvalue weighted by molar-refractivity contribution is -0.126. The molecule has 12 N–H and O–H groups in total. The van der Waals surface area contributed by atoms with Crippen molar-refractivity contribution in [2.24, 2.45) is 17.2 Å². The van der Waals surface area contributed by atoms with E-state index in [2.05, 4.69) is 26.6 Å². The summed E-state index contributed by atoms with van der Waals surface area (Å²) >= 11 is 0. The van der Waals surface area contributed by atoms with Gasteiger partial charge in [0.1, 0.15) is 22.9 Å². The fourth-order valence-electron chi connectivity index (χ4n) is 4.40. The number of phenols is 1. The van der Waals surface area contributed by atoms with Crippen molar-refractivity contribution < 1.29 is 28.7 Å². The second kappa shape index (κ2) is 20.8. The van der Waals surface area contributed by atoms with Gasteiger partial charge in [0.15, 0.2) is 0 Å². The third kappa shape index (κ3) is 14.5. The van der Waals surface area contributed by atoms with Gasteiger partial charge in [0.2, 0.25) is 17.7 Å². The molecule has 0 radical (unpaired) electrons. The number of unbranched alkanes of at least 4 members (excludes halogenated alkanes) is 2. The van der Waals surface area contributed by atoms with Crippen LogP contribution < -0.4 is 49.4 Å². The van der Waals surface area contributed by atoms with Gasteiger partial charge in [0.25, 0.3) is 5.91 Å². The zero-order chi connectivity index (χ0) is 33.0. The quantitative estimate of drug-likeness (QED) is 0.0525. The Hall–Kier alpha value is -4.05. The van der Waals surface area contributed by atoms with Crippen LogP contribution in [0.1, 0.15) is 61.7 Å². The minimum atomic E-state index is -1.27. The third-order valence-electron chi connectivity index (χ3n) is 6.91.